The molecule has 1 aliphatic heterocycles. The van der Waals surface area contributed by atoms with Gasteiger partial charge in [-0.15, -0.1) is 0 Å². The third kappa shape index (κ3) is 5.36. The Labute approximate surface area is 190 Å². The molecule has 0 atom stereocenters. The Bertz CT molecular complexity index is 1130. The van der Waals surface area contributed by atoms with Crippen molar-refractivity contribution < 1.29 is 14.0 Å². The molecule has 0 aromatic heterocycles. The van der Waals surface area contributed by atoms with Crippen molar-refractivity contribution in [3.63, 3.8) is 0 Å². The molecule has 0 radical (unpaired) electrons. The number of nitrogens with one attached hydrogen (secondary N) is 2. The quantitative estimate of drug-likeness (QED) is 0.579. The number of urea groups is 1. The minimum atomic E-state index is -0.431. The fourth-order valence-electron chi connectivity index (χ4n) is 3.55. The molecular weight excluding hydrogens is 431 g/mol. The number of nitrogens with zero attached hydrogens (tertiary/aromatic N) is 2. The summed E-state index contributed by atoms with van der Waals surface area (Å²) < 4.78 is 13.3. The van der Waals surface area contributed by atoms with E-state index in [2.05, 4.69) is 15.5 Å². The van der Waals surface area contributed by atoms with Crippen molar-refractivity contribution in [2.24, 2.45) is 0 Å². The van der Waals surface area contributed by atoms with E-state index in [9.17, 15) is 14.0 Å². The van der Waals surface area contributed by atoms with E-state index in [-0.39, 0.29) is 11.9 Å². The smallest absolute Gasteiger partial charge is 0.321 e. The number of anilines is 3. The minimum absolute atomic E-state index is 0.224. The molecule has 3 amide bonds. The van der Waals surface area contributed by atoms with Crippen LogP contribution in [0.1, 0.15) is 10.4 Å². The Morgan fingerprint density at radius 2 is 1.50 bits per heavy atom. The van der Waals surface area contributed by atoms with Crippen LogP contribution >= 0.6 is 11.6 Å². The van der Waals surface area contributed by atoms with Crippen molar-refractivity contribution in [2.45, 2.75) is 0 Å². The summed E-state index contributed by atoms with van der Waals surface area (Å²) in [7, 11) is 0. The van der Waals surface area contributed by atoms with E-state index in [4.69, 9.17) is 11.6 Å². The first-order chi connectivity index (χ1) is 15.5. The van der Waals surface area contributed by atoms with Crippen LogP contribution in [-0.4, -0.2) is 43.0 Å². The Balaban J connectivity index is 1.34. The number of hydrogen-bond donors (Lipinski definition) is 2. The lowest BCUT2D eigenvalue weighted by molar-refractivity contribution is 0.102. The van der Waals surface area contributed by atoms with Gasteiger partial charge in [-0.3, -0.25) is 4.79 Å². The van der Waals surface area contributed by atoms with Gasteiger partial charge in [-0.1, -0.05) is 29.8 Å². The number of rotatable bonds is 4. The predicted octanol–water partition coefficient (Wildman–Crippen LogP) is 5.09. The first-order valence-corrected chi connectivity index (χ1v) is 10.6. The second kappa shape index (κ2) is 9.70. The van der Waals surface area contributed by atoms with Gasteiger partial charge in [-0.05, 0) is 54.6 Å². The Hall–Kier alpha value is -3.58. The molecule has 1 saturated heterocycles. The molecule has 0 spiro atoms. The van der Waals surface area contributed by atoms with Gasteiger partial charge in [0.2, 0.25) is 0 Å². The highest BCUT2D eigenvalue weighted by atomic mass is 35.5. The molecule has 6 nitrogen and oxygen atoms in total. The van der Waals surface area contributed by atoms with Crippen molar-refractivity contribution in [3.05, 3.63) is 89.2 Å². The van der Waals surface area contributed by atoms with Crippen LogP contribution in [0.3, 0.4) is 0 Å². The molecule has 0 saturated carbocycles. The maximum Gasteiger partial charge on any atom is 0.321 e. The molecule has 0 aliphatic carbocycles. The minimum Gasteiger partial charge on any atom is -0.368 e. The van der Waals surface area contributed by atoms with Crippen molar-refractivity contribution in [1.82, 2.24) is 4.90 Å². The van der Waals surface area contributed by atoms with E-state index < -0.39 is 5.82 Å². The number of amides is 3. The zero-order chi connectivity index (χ0) is 22.5. The molecule has 3 aromatic carbocycles. The summed E-state index contributed by atoms with van der Waals surface area (Å²) in [5.41, 5.74) is 2.27. The first-order valence-electron chi connectivity index (χ1n) is 10.2. The maximum atomic E-state index is 13.3. The molecule has 8 heteroatoms. The summed E-state index contributed by atoms with van der Waals surface area (Å²) in [5.74, 6) is -0.818. The molecular formula is C24H22ClFN4O2. The second-order valence-corrected chi connectivity index (χ2v) is 7.87. The summed E-state index contributed by atoms with van der Waals surface area (Å²) >= 11 is 6.07. The highest BCUT2D eigenvalue weighted by Gasteiger charge is 2.21. The van der Waals surface area contributed by atoms with Crippen molar-refractivity contribution in [2.75, 3.05) is 41.7 Å². The lowest BCUT2D eigenvalue weighted by Crippen LogP contribution is -2.50. The van der Waals surface area contributed by atoms with Crippen LogP contribution in [0.5, 0.6) is 0 Å². The SMILES string of the molecule is O=C(Nc1cccc(F)c1)c1cccc(NC(=O)N2CCN(c3cccc(Cl)c3)CC2)c1. The lowest BCUT2D eigenvalue weighted by Gasteiger charge is -2.36. The summed E-state index contributed by atoms with van der Waals surface area (Å²) in [6, 6.07) is 19.7. The third-order valence-electron chi connectivity index (χ3n) is 5.20. The zero-order valence-corrected chi connectivity index (χ0v) is 18.0. The van der Waals surface area contributed by atoms with Crippen molar-refractivity contribution in [1.29, 1.82) is 0 Å². The average molecular weight is 453 g/mol. The van der Waals surface area contributed by atoms with Crippen LogP contribution in [0, 0.1) is 5.82 Å². The first kappa shape index (κ1) is 21.6. The van der Waals surface area contributed by atoms with E-state index in [1.165, 1.54) is 18.2 Å². The Kier molecular flexibility index (Phi) is 6.56. The Morgan fingerprint density at radius 3 is 2.22 bits per heavy atom. The average Bonchev–Trinajstić information content (AvgIpc) is 2.79. The van der Waals surface area contributed by atoms with Gasteiger partial charge in [-0.25, -0.2) is 9.18 Å². The van der Waals surface area contributed by atoms with E-state index in [1.54, 1.807) is 35.2 Å². The van der Waals surface area contributed by atoms with Crippen LogP contribution < -0.4 is 15.5 Å². The van der Waals surface area contributed by atoms with Crippen LogP contribution in [0.2, 0.25) is 5.02 Å². The normalized spacial score (nSPS) is 13.6. The van der Waals surface area contributed by atoms with Gasteiger partial charge < -0.3 is 20.4 Å². The van der Waals surface area contributed by atoms with Crippen molar-refractivity contribution in [3.8, 4) is 0 Å². The van der Waals surface area contributed by atoms with Crippen LogP contribution in [0.25, 0.3) is 0 Å². The van der Waals surface area contributed by atoms with Gasteiger partial charge in [0, 0.05) is 53.8 Å². The van der Waals surface area contributed by atoms with Crippen LogP contribution in [0.15, 0.2) is 72.8 Å². The van der Waals surface area contributed by atoms with Gasteiger partial charge in [0.25, 0.3) is 5.91 Å². The van der Waals surface area contributed by atoms with E-state index in [0.29, 0.717) is 48.1 Å². The maximum absolute atomic E-state index is 13.3. The molecule has 0 unspecified atom stereocenters. The van der Waals surface area contributed by atoms with Gasteiger partial charge in [-0.2, -0.15) is 0 Å². The lowest BCUT2D eigenvalue weighted by atomic mass is 10.2. The second-order valence-electron chi connectivity index (χ2n) is 7.43. The number of piperazine rings is 1. The third-order valence-corrected chi connectivity index (χ3v) is 5.43. The zero-order valence-electron chi connectivity index (χ0n) is 17.2. The number of carbonyl (C=O) groups is 2. The largest absolute Gasteiger partial charge is 0.368 e. The fourth-order valence-corrected chi connectivity index (χ4v) is 3.74. The number of hydrogen-bond acceptors (Lipinski definition) is 3. The van der Waals surface area contributed by atoms with Gasteiger partial charge in [0.15, 0.2) is 0 Å². The number of benzene rings is 3. The Morgan fingerprint density at radius 1 is 0.812 bits per heavy atom. The molecule has 1 aliphatic rings. The molecule has 1 heterocycles. The van der Waals surface area contributed by atoms with Crippen LogP contribution in [0.4, 0.5) is 26.2 Å². The monoisotopic (exact) mass is 452 g/mol. The highest BCUT2D eigenvalue weighted by Crippen LogP contribution is 2.21. The molecule has 164 valence electrons. The van der Waals surface area contributed by atoms with E-state index in [0.717, 1.165) is 5.69 Å². The standard InChI is InChI=1S/C24H22ClFN4O2/c25-18-5-2-9-22(15-18)29-10-12-30(13-11-29)24(32)28-20-7-1-4-17(14-20)23(31)27-21-8-3-6-19(26)16-21/h1-9,14-16H,10-13H2,(H,27,31)(H,28,32). The van der Waals surface area contributed by atoms with Crippen LogP contribution in [-0.2, 0) is 0 Å². The molecule has 32 heavy (non-hydrogen) atoms. The van der Waals surface area contributed by atoms with E-state index in [1.807, 2.05) is 24.3 Å². The summed E-state index contributed by atoms with van der Waals surface area (Å²) in [6.45, 7) is 2.53. The predicted molar refractivity (Wildman–Crippen MR) is 125 cm³/mol. The highest BCUT2D eigenvalue weighted by molar-refractivity contribution is 6.30. The van der Waals surface area contributed by atoms with Gasteiger partial charge in [0.1, 0.15) is 5.82 Å². The molecule has 3 aromatic rings. The topological polar surface area (TPSA) is 64.7 Å². The molecule has 1 fully saturated rings. The van der Waals surface area contributed by atoms with Gasteiger partial charge >= 0.3 is 6.03 Å². The summed E-state index contributed by atoms with van der Waals surface area (Å²) in [6.07, 6.45) is 0. The van der Waals surface area contributed by atoms with Gasteiger partial charge in [0.05, 0.1) is 0 Å². The number of halogens is 2. The molecule has 0 bridgehead atoms. The summed E-state index contributed by atoms with van der Waals surface area (Å²) in [4.78, 5) is 29.1. The van der Waals surface area contributed by atoms with Crippen molar-refractivity contribution >= 4 is 40.6 Å². The van der Waals surface area contributed by atoms with E-state index >= 15 is 0 Å². The summed E-state index contributed by atoms with van der Waals surface area (Å²) in [5, 5.41) is 6.19. The fraction of sp³-hybridized carbons (Fsp3) is 0.167. The molecule has 2 N–H and O–H groups in total. The number of carbonyl (C=O) groups excluding carboxylic acids is 2. The molecule has 4 rings (SSSR count).